The van der Waals surface area contributed by atoms with Crippen molar-refractivity contribution in [2.75, 3.05) is 19.7 Å². The first-order valence-corrected chi connectivity index (χ1v) is 13.3. The Kier molecular flexibility index (Phi) is 5.72. The predicted octanol–water partition coefficient (Wildman–Crippen LogP) is 6.41. The number of hydrogen-bond acceptors (Lipinski definition) is 5. The minimum atomic E-state index is -0.420. The van der Waals surface area contributed by atoms with Gasteiger partial charge in [0.05, 0.1) is 11.0 Å². The van der Waals surface area contributed by atoms with E-state index in [0.717, 1.165) is 43.5 Å². The van der Waals surface area contributed by atoms with E-state index >= 15 is 4.39 Å². The van der Waals surface area contributed by atoms with Crippen LogP contribution in [0, 0.1) is 5.82 Å². The molecule has 37 heavy (non-hydrogen) atoms. The maximum atomic E-state index is 15.2. The number of likely N-dealkylation sites (tertiary alicyclic amines) is 1. The van der Waals surface area contributed by atoms with Crippen LogP contribution >= 0.6 is 0 Å². The number of aromatic hydroxyl groups is 1. The van der Waals surface area contributed by atoms with E-state index in [1.807, 2.05) is 24.3 Å². The molecule has 2 aromatic heterocycles. The van der Waals surface area contributed by atoms with Crippen LogP contribution in [0.15, 0.2) is 60.7 Å². The van der Waals surface area contributed by atoms with Crippen LogP contribution < -0.4 is 0 Å². The van der Waals surface area contributed by atoms with Crippen molar-refractivity contribution in [1.29, 1.82) is 0 Å². The Hall–Kier alpha value is -3.26. The van der Waals surface area contributed by atoms with Crippen LogP contribution in [-0.2, 0) is 9.47 Å². The first kappa shape index (κ1) is 22.9. The number of fused-ring (bicyclic) bond motifs is 1. The molecule has 3 saturated heterocycles. The molecular formula is C30H30FN3O3. The first-order chi connectivity index (χ1) is 18.2. The molecule has 0 bridgehead atoms. The third-order valence-electron chi connectivity index (χ3n) is 7.90. The second kappa shape index (κ2) is 9.24. The quantitative estimate of drug-likeness (QED) is 0.322. The van der Waals surface area contributed by atoms with Gasteiger partial charge in [0.2, 0.25) is 0 Å². The molecule has 190 valence electrons. The lowest BCUT2D eigenvalue weighted by Crippen LogP contribution is -2.23. The number of pyridine rings is 1. The van der Waals surface area contributed by atoms with Crippen LogP contribution in [0.4, 0.5) is 4.39 Å². The van der Waals surface area contributed by atoms with Gasteiger partial charge in [-0.1, -0.05) is 48.5 Å². The fraction of sp³-hybridized carbons (Fsp3) is 0.367. The van der Waals surface area contributed by atoms with Crippen LogP contribution in [0.2, 0.25) is 0 Å². The molecule has 7 rings (SSSR count). The molecule has 0 amide bonds. The fourth-order valence-electron chi connectivity index (χ4n) is 5.85. The van der Waals surface area contributed by atoms with Crippen molar-refractivity contribution in [2.45, 2.75) is 50.7 Å². The lowest BCUT2D eigenvalue weighted by atomic mass is 10.0. The largest absolute Gasteiger partial charge is 0.494 e. The van der Waals surface area contributed by atoms with E-state index in [1.54, 1.807) is 10.6 Å². The Morgan fingerprint density at radius 2 is 1.57 bits per heavy atom. The summed E-state index contributed by atoms with van der Waals surface area (Å²) in [5, 5.41) is 10.5. The van der Waals surface area contributed by atoms with Gasteiger partial charge in [-0.3, -0.25) is 9.47 Å². The molecule has 3 aliphatic heterocycles. The van der Waals surface area contributed by atoms with Crippen LogP contribution in [-0.4, -0.2) is 45.5 Å². The van der Waals surface area contributed by atoms with Gasteiger partial charge in [-0.05, 0) is 48.8 Å². The highest BCUT2D eigenvalue weighted by Gasteiger charge is 2.45. The Labute approximate surface area is 215 Å². The molecule has 4 aromatic rings. The Balaban J connectivity index is 1.11. The zero-order valence-corrected chi connectivity index (χ0v) is 20.6. The van der Waals surface area contributed by atoms with Crippen molar-refractivity contribution in [3.05, 3.63) is 72.0 Å². The number of rotatable bonds is 5. The third-order valence-corrected chi connectivity index (χ3v) is 7.90. The van der Waals surface area contributed by atoms with Crippen LogP contribution in [0.3, 0.4) is 0 Å². The summed E-state index contributed by atoms with van der Waals surface area (Å²) in [6.45, 7) is 2.91. The number of benzene rings is 2. The summed E-state index contributed by atoms with van der Waals surface area (Å²) in [5.74, 6) is -0.371. The number of hydrogen-bond donors (Lipinski definition) is 1. The number of nitrogens with zero attached hydrogens (tertiary/aromatic N) is 3. The standard InChI is InChI=1S/C30H30FN3O3/c31-23-17-25-24(18-26(35)34(25)27-5-1-4-16-36-27)32-28(23)21-10-6-19(7-11-21)20-8-12-22(13-9-20)29-30(37-29)33-14-2-3-15-33/h6-13,17-18,27,29-30,35H,1-5,14-16H2. The van der Waals surface area contributed by atoms with Crippen molar-refractivity contribution in [2.24, 2.45) is 0 Å². The molecule has 0 saturated carbocycles. The zero-order chi connectivity index (χ0) is 24.9. The smallest absolute Gasteiger partial charge is 0.195 e. The molecule has 0 spiro atoms. The molecule has 1 N–H and O–H groups in total. The summed E-state index contributed by atoms with van der Waals surface area (Å²) in [4.78, 5) is 7.00. The topological polar surface area (TPSA) is 63.1 Å². The number of halogens is 1. The Morgan fingerprint density at radius 3 is 2.27 bits per heavy atom. The maximum Gasteiger partial charge on any atom is 0.195 e. The van der Waals surface area contributed by atoms with Gasteiger partial charge in [-0.25, -0.2) is 9.37 Å². The van der Waals surface area contributed by atoms with Crippen molar-refractivity contribution in [3.63, 3.8) is 0 Å². The lowest BCUT2D eigenvalue weighted by Gasteiger charge is -2.25. The summed E-state index contributed by atoms with van der Waals surface area (Å²) >= 11 is 0. The summed E-state index contributed by atoms with van der Waals surface area (Å²) in [7, 11) is 0. The lowest BCUT2D eigenvalue weighted by molar-refractivity contribution is -0.0325. The minimum absolute atomic E-state index is 0.0492. The molecule has 3 unspecified atom stereocenters. The van der Waals surface area contributed by atoms with Crippen LogP contribution in [0.1, 0.15) is 50.0 Å². The van der Waals surface area contributed by atoms with Gasteiger partial charge >= 0.3 is 0 Å². The Bertz CT molecular complexity index is 1420. The van der Waals surface area contributed by atoms with Crippen molar-refractivity contribution in [1.82, 2.24) is 14.5 Å². The SMILES string of the molecule is Oc1cc2nc(-c3ccc(-c4ccc(C5OC5N5CCCC5)cc4)cc3)c(F)cc2n1C1CCCCO1. The molecular weight excluding hydrogens is 469 g/mol. The van der Waals surface area contributed by atoms with Gasteiger partial charge in [-0.2, -0.15) is 0 Å². The molecule has 7 heteroatoms. The average molecular weight is 500 g/mol. The van der Waals surface area contributed by atoms with Gasteiger partial charge in [0.15, 0.2) is 11.7 Å². The average Bonchev–Trinajstić information content (AvgIpc) is 3.40. The van der Waals surface area contributed by atoms with E-state index in [9.17, 15) is 5.11 Å². The summed E-state index contributed by atoms with van der Waals surface area (Å²) in [5.41, 5.74) is 5.45. The van der Waals surface area contributed by atoms with Gasteiger partial charge in [-0.15, -0.1) is 0 Å². The van der Waals surface area contributed by atoms with E-state index in [2.05, 4.69) is 34.1 Å². The molecule has 3 atom stereocenters. The molecule has 3 fully saturated rings. The van der Waals surface area contributed by atoms with Crippen LogP contribution in [0.5, 0.6) is 5.88 Å². The van der Waals surface area contributed by atoms with Crippen molar-refractivity contribution < 1.29 is 19.0 Å². The monoisotopic (exact) mass is 499 g/mol. The molecule has 6 nitrogen and oxygen atoms in total. The van der Waals surface area contributed by atoms with Gasteiger partial charge in [0.25, 0.3) is 0 Å². The van der Waals surface area contributed by atoms with E-state index in [-0.39, 0.29) is 30.1 Å². The summed E-state index contributed by atoms with van der Waals surface area (Å²) in [6.07, 6.45) is 5.46. The number of epoxide rings is 1. The zero-order valence-electron chi connectivity index (χ0n) is 20.6. The summed E-state index contributed by atoms with van der Waals surface area (Å²) < 4.78 is 28.7. The summed E-state index contributed by atoms with van der Waals surface area (Å²) in [6, 6.07) is 19.4. The minimum Gasteiger partial charge on any atom is -0.494 e. The number of aromatic nitrogens is 2. The molecule has 2 aromatic carbocycles. The highest BCUT2D eigenvalue weighted by atomic mass is 19.1. The number of ether oxygens (including phenoxy) is 2. The highest BCUT2D eigenvalue weighted by molar-refractivity contribution is 5.82. The first-order valence-electron chi connectivity index (χ1n) is 13.3. The normalized spacial score (nSPS) is 24.1. The van der Waals surface area contributed by atoms with Crippen LogP contribution in [0.25, 0.3) is 33.4 Å². The van der Waals surface area contributed by atoms with Crippen molar-refractivity contribution in [3.8, 4) is 28.3 Å². The van der Waals surface area contributed by atoms with Crippen molar-refractivity contribution >= 4 is 11.0 Å². The van der Waals surface area contributed by atoms with Gasteiger partial charge in [0.1, 0.15) is 24.3 Å². The molecule has 0 radical (unpaired) electrons. The maximum absolute atomic E-state index is 15.2. The van der Waals surface area contributed by atoms with Gasteiger partial charge in [0, 0.05) is 37.4 Å². The third kappa shape index (κ3) is 4.21. The molecule has 0 aliphatic carbocycles. The van der Waals surface area contributed by atoms with Gasteiger partial charge < -0.3 is 14.6 Å². The second-order valence-electron chi connectivity index (χ2n) is 10.3. The fourth-order valence-corrected chi connectivity index (χ4v) is 5.85. The predicted molar refractivity (Wildman–Crippen MR) is 139 cm³/mol. The van der Waals surface area contributed by atoms with E-state index in [4.69, 9.17) is 9.47 Å². The Morgan fingerprint density at radius 1 is 0.865 bits per heavy atom. The van der Waals surface area contributed by atoms with E-state index in [1.165, 1.54) is 24.5 Å². The second-order valence-corrected chi connectivity index (χ2v) is 10.3. The molecule has 3 aliphatic rings. The molecule has 5 heterocycles. The van der Waals surface area contributed by atoms with E-state index in [0.29, 0.717) is 23.2 Å². The van der Waals surface area contributed by atoms with E-state index < -0.39 is 5.82 Å². The highest BCUT2D eigenvalue weighted by Crippen LogP contribution is 2.42.